The van der Waals surface area contributed by atoms with Gasteiger partial charge >= 0.3 is 6.36 Å². The van der Waals surface area contributed by atoms with E-state index in [1.165, 1.54) is 6.07 Å². The Kier molecular flexibility index (Phi) is 4.85. The van der Waals surface area contributed by atoms with Crippen molar-refractivity contribution in [2.45, 2.75) is 11.3 Å². The maximum atomic E-state index is 13.0. The fraction of sp³-hybridized carbons (Fsp3) is 0.0769. The fourth-order valence-corrected chi connectivity index (χ4v) is 3.26. The Labute approximate surface area is 137 Å². The Morgan fingerprint density at radius 3 is 2.17 bits per heavy atom. The summed E-state index contributed by atoms with van der Waals surface area (Å²) < 4.78 is 79.4. The number of anilines is 1. The highest BCUT2D eigenvalue weighted by Crippen LogP contribution is 2.27. The summed E-state index contributed by atoms with van der Waals surface area (Å²) in [5.74, 6) is -1.10. The lowest BCUT2D eigenvalue weighted by atomic mass is 10.3. The van der Waals surface area contributed by atoms with Gasteiger partial charge in [-0.15, -0.1) is 13.2 Å². The number of alkyl halides is 3. The van der Waals surface area contributed by atoms with Gasteiger partial charge in [-0.2, -0.15) is 0 Å². The monoisotopic (exact) mass is 413 g/mol. The first kappa shape index (κ1) is 17.5. The quantitative estimate of drug-likeness (QED) is 0.760. The van der Waals surface area contributed by atoms with Crippen molar-refractivity contribution in [3.8, 4) is 5.75 Å². The molecule has 23 heavy (non-hydrogen) atoms. The normalized spacial score (nSPS) is 12.0. The van der Waals surface area contributed by atoms with E-state index in [1.54, 1.807) is 0 Å². The molecule has 0 bridgehead atoms. The number of rotatable bonds is 4. The summed E-state index contributed by atoms with van der Waals surface area (Å²) in [7, 11) is -4.05. The van der Waals surface area contributed by atoms with Gasteiger partial charge in [0.25, 0.3) is 10.0 Å². The Hall–Kier alpha value is -1.81. The van der Waals surface area contributed by atoms with Gasteiger partial charge in [0.15, 0.2) is 0 Å². The molecule has 0 spiro atoms. The molecule has 0 aliphatic heterocycles. The summed E-state index contributed by atoms with van der Waals surface area (Å²) in [5.41, 5.74) is 0.0852. The second kappa shape index (κ2) is 6.36. The number of hydrogen-bond acceptors (Lipinski definition) is 3. The lowest BCUT2D eigenvalue weighted by Gasteiger charge is -2.11. The Bertz CT molecular complexity index is 807. The van der Waals surface area contributed by atoms with E-state index in [2.05, 4.69) is 25.4 Å². The third-order valence-corrected chi connectivity index (χ3v) is 4.58. The van der Waals surface area contributed by atoms with Crippen LogP contribution in [-0.4, -0.2) is 14.8 Å². The molecule has 0 unspecified atom stereocenters. The second-order valence-corrected chi connectivity index (χ2v) is 6.79. The topological polar surface area (TPSA) is 55.4 Å². The van der Waals surface area contributed by atoms with Gasteiger partial charge in [0.1, 0.15) is 11.6 Å². The predicted molar refractivity (Wildman–Crippen MR) is 78.0 cm³/mol. The molecule has 2 rings (SSSR count). The minimum atomic E-state index is -4.86. The average molecular weight is 414 g/mol. The number of nitrogens with one attached hydrogen (secondary N) is 1. The van der Waals surface area contributed by atoms with Crippen molar-refractivity contribution in [3.63, 3.8) is 0 Å². The van der Waals surface area contributed by atoms with E-state index in [1.807, 2.05) is 0 Å². The summed E-state index contributed by atoms with van der Waals surface area (Å²) in [6, 6.07) is 7.00. The number of benzene rings is 2. The van der Waals surface area contributed by atoms with Crippen molar-refractivity contribution in [2.75, 3.05) is 4.72 Å². The summed E-state index contributed by atoms with van der Waals surface area (Å²) >= 11 is 3.01. The van der Waals surface area contributed by atoms with Crippen LogP contribution in [0.1, 0.15) is 0 Å². The maximum Gasteiger partial charge on any atom is 0.573 e. The van der Waals surface area contributed by atoms with Gasteiger partial charge in [0.05, 0.1) is 10.6 Å². The van der Waals surface area contributed by atoms with Crippen LogP contribution in [0.25, 0.3) is 0 Å². The molecule has 2 aromatic carbocycles. The van der Waals surface area contributed by atoms with Crippen molar-refractivity contribution >= 4 is 31.6 Å². The van der Waals surface area contributed by atoms with Crippen LogP contribution in [0.2, 0.25) is 0 Å². The summed E-state index contributed by atoms with van der Waals surface area (Å²) in [5, 5.41) is 0. The van der Waals surface area contributed by atoms with Crippen molar-refractivity contribution < 1.29 is 30.7 Å². The number of halogens is 5. The third-order valence-electron chi connectivity index (χ3n) is 2.54. The minimum Gasteiger partial charge on any atom is -0.406 e. The van der Waals surface area contributed by atoms with Gasteiger partial charge in [0.2, 0.25) is 0 Å². The molecule has 124 valence electrons. The first-order chi connectivity index (χ1) is 10.6. The van der Waals surface area contributed by atoms with Gasteiger partial charge in [-0.05, 0) is 58.4 Å². The molecule has 0 fully saturated rings. The molecule has 4 nitrogen and oxygen atoms in total. The molecule has 0 heterocycles. The first-order valence-corrected chi connectivity index (χ1v) is 8.18. The maximum absolute atomic E-state index is 13.0. The van der Waals surface area contributed by atoms with E-state index < -0.39 is 28.0 Å². The van der Waals surface area contributed by atoms with Crippen LogP contribution in [-0.2, 0) is 10.0 Å². The lowest BCUT2D eigenvalue weighted by molar-refractivity contribution is -0.274. The zero-order chi connectivity index (χ0) is 17.3. The van der Waals surface area contributed by atoms with Gasteiger partial charge in [-0.25, -0.2) is 12.8 Å². The Morgan fingerprint density at radius 1 is 1.04 bits per heavy atom. The minimum absolute atomic E-state index is 0.0852. The predicted octanol–water partition coefficient (Wildman–Crippen LogP) is 4.29. The highest BCUT2D eigenvalue weighted by Gasteiger charge is 2.31. The van der Waals surface area contributed by atoms with Crippen LogP contribution >= 0.6 is 15.9 Å². The molecular weight excluding hydrogens is 406 g/mol. The zero-order valence-electron chi connectivity index (χ0n) is 11.1. The second-order valence-electron chi connectivity index (χ2n) is 4.25. The van der Waals surface area contributed by atoms with E-state index in [4.69, 9.17) is 0 Å². The van der Waals surface area contributed by atoms with E-state index >= 15 is 0 Å². The summed E-state index contributed by atoms with van der Waals surface area (Å²) in [6.45, 7) is 0. The standard InChI is InChI=1S/C13H8BrF4NO3S/c14-11-7-8(15)1-6-12(11)19-23(20,21)10-4-2-9(3-5-10)22-13(16,17)18/h1-7,19H. The summed E-state index contributed by atoms with van der Waals surface area (Å²) in [4.78, 5) is -0.275. The van der Waals surface area contributed by atoms with Crippen LogP contribution in [0.15, 0.2) is 51.8 Å². The van der Waals surface area contributed by atoms with E-state index in [9.17, 15) is 26.0 Å². The fourth-order valence-electron chi connectivity index (χ4n) is 1.60. The van der Waals surface area contributed by atoms with Gasteiger partial charge < -0.3 is 4.74 Å². The molecular formula is C13H8BrF4NO3S. The molecule has 0 atom stereocenters. The molecule has 0 radical (unpaired) electrons. The number of ether oxygens (including phenoxy) is 1. The van der Waals surface area contributed by atoms with Crippen LogP contribution in [0.3, 0.4) is 0 Å². The van der Waals surface area contributed by atoms with Crippen LogP contribution in [0.4, 0.5) is 23.2 Å². The van der Waals surface area contributed by atoms with Crippen molar-refractivity contribution in [1.82, 2.24) is 0 Å². The molecule has 0 saturated carbocycles. The van der Waals surface area contributed by atoms with E-state index in [-0.39, 0.29) is 15.1 Å². The van der Waals surface area contributed by atoms with E-state index in [0.29, 0.717) is 0 Å². The van der Waals surface area contributed by atoms with Crippen LogP contribution < -0.4 is 9.46 Å². The molecule has 10 heteroatoms. The highest BCUT2D eigenvalue weighted by molar-refractivity contribution is 9.10. The highest BCUT2D eigenvalue weighted by atomic mass is 79.9. The van der Waals surface area contributed by atoms with Gasteiger partial charge in [0, 0.05) is 4.47 Å². The van der Waals surface area contributed by atoms with Crippen molar-refractivity contribution in [2.24, 2.45) is 0 Å². The Morgan fingerprint density at radius 2 is 1.65 bits per heavy atom. The zero-order valence-corrected chi connectivity index (χ0v) is 13.5. The smallest absolute Gasteiger partial charge is 0.406 e. The van der Waals surface area contributed by atoms with E-state index in [0.717, 1.165) is 36.4 Å². The SMILES string of the molecule is O=S(=O)(Nc1ccc(F)cc1Br)c1ccc(OC(F)(F)F)cc1. The summed E-state index contributed by atoms with van der Waals surface area (Å²) in [6.07, 6.45) is -4.86. The molecule has 0 saturated heterocycles. The molecule has 0 aromatic heterocycles. The Balaban J connectivity index is 2.22. The van der Waals surface area contributed by atoms with Crippen LogP contribution in [0, 0.1) is 5.82 Å². The van der Waals surface area contributed by atoms with Crippen LogP contribution in [0.5, 0.6) is 5.75 Å². The lowest BCUT2D eigenvalue weighted by Crippen LogP contribution is -2.17. The largest absolute Gasteiger partial charge is 0.573 e. The average Bonchev–Trinajstić information content (AvgIpc) is 2.41. The molecule has 0 amide bonds. The van der Waals surface area contributed by atoms with Crippen molar-refractivity contribution in [3.05, 3.63) is 52.8 Å². The van der Waals surface area contributed by atoms with Gasteiger partial charge in [-0.1, -0.05) is 0 Å². The number of sulfonamides is 1. The third kappa shape index (κ3) is 4.83. The molecule has 0 aliphatic rings. The first-order valence-electron chi connectivity index (χ1n) is 5.90. The molecule has 1 N–H and O–H groups in total. The number of hydrogen-bond donors (Lipinski definition) is 1. The van der Waals surface area contributed by atoms with Crippen molar-refractivity contribution in [1.29, 1.82) is 0 Å². The molecule has 2 aromatic rings. The van der Waals surface area contributed by atoms with Gasteiger partial charge in [-0.3, -0.25) is 4.72 Å². The molecule has 0 aliphatic carbocycles.